The molecule has 1 heterocycles. The van der Waals surface area contributed by atoms with Gasteiger partial charge in [0, 0.05) is 5.92 Å². The zero-order valence-electron chi connectivity index (χ0n) is 9.66. The van der Waals surface area contributed by atoms with E-state index in [1.54, 1.807) is 0 Å². The van der Waals surface area contributed by atoms with Gasteiger partial charge in [-0.2, -0.15) is 0 Å². The Morgan fingerprint density at radius 3 is 2.00 bits per heavy atom. The van der Waals surface area contributed by atoms with Gasteiger partial charge in [-0.25, -0.2) is 0 Å². The van der Waals surface area contributed by atoms with Gasteiger partial charge >= 0.3 is 0 Å². The predicted molar refractivity (Wildman–Crippen MR) is 57.2 cm³/mol. The van der Waals surface area contributed by atoms with Crippen LogP contribution in [0.1, 0.15) is 58.2 Å². The normalized spacial score (nSPS) is 14.8. The summed E-state index contributed by atoms with van der Waals surface area (Å²) in [4.78, 5) is 0. The number of hydrogen-bond acceptors (Lipinski definition) is 2. The van der Waals surface area contributed by atoms with Crippen LogP contribution in [0.4, 0.5) is 0 Å². The van der Waals surface area contributed by atoms with E-state index in [0.29, 0.717) is 11.7 Å². The molecule has 2 nitrogen and oxygen atoms in total. The van der Waals surface area contributed by atoms with E-state index in [9.17, 15) is 5.11 Å². The predicted octanol–water partition coefficient (Wildman–Crippen LogP) is 3.48. The molecule has 14 heavy (non-hydrogen) atoms. The smallest absolute Gasteiger partial charge is 0.133 e. The van der Waals surface area contributed by atoms with Crippen LogP contribution in [-0.2, 0) is 0 Å². The highest BCUT2D eigenvalue weighted by Gasteiger charge is 2.26. The largest absolute Gasteiger partial charge is 0.463 e. The van der Waals surface area contributed by atoms with E-state index in [1.807, 2.05) is 32.9 Å². The lowest BCUT2D eigenvalue weighted by atomic mass is 9.88. The summed E-state index contributed by atoms with van der Waals surface area (Å²) in [5.74, 6) is 1.97. The Bertz CT molecular complexity index is 292. The van der Waals surface area contributed by atoms with Crippen molar-refractivity contribution in [2.75, 3.05) is 0 Å². The van der Waals surface area contributed by atoms with Crippen LogP contribution < -0.4 is 0 Å². The number of aliphatic hydroxyl groups excluding tert-OH is 1. The first kappa shape index (κ1) is 11.3. The summed E-state index contributed by atoms with van der Waals surface area (Å²) in [7, 11) is 0. The molecular weight excluding hydrogens is 176 g/mol. The van der Waals surface area contributed by atoms with Gasteiger partial charge in [0.05, 0.1) is 0 Å². The topological polar surface area (TPSA) is 33.4 Å². The summed E-state index contributed by atoms with van der Waals surface area (Å²) in [6.07, 6.45) is -0.532. The van der Waals surface area contributed by atoms with Crippen LogP contribution in [0.3, 0.4) is 0 Å². The summed E-state index contributed by atoms with van der Waals surface area (Å²) >= 11 is 0. The second kappa shape index (κ2) is 3.77. The molecule has 0 saturated heterocycles. The lowest BCUT2D eigenvalue weighted by Gasteiger charge is -2.23. The van der Waals surface area contributed by atoms with E-state index < -0.39 is 6.10 Å². The van der Waals surface area contributed by atoms with Gasteiger partial charge in [0.2, 0.25) is 0 Å². The Labute approximate surface area is 85.9 Å². The minimum atomic E-state index is -0.532. The maximum Gasteiger partial charge on any atom is 0.133 e. The molecule has 0 fully saturated rings. The van der Waals surface area contributed by atoms with E-state index in [1.165, 1.54) is 0 Å². The molecular formula is C12H20O2. The third-order valence-corrected chi connectivity index (χ3v) is 2.31. The van der Waals surface area contributed by atoms with E-state index >= 15 is 0 Å². The molecule has 1 aromatic rings. The third-order valence-electron chi connectivity index (χ3n) is 2.31. The molecule has 1 aromatic heterocycles. The Morgan fingerprint density at radius 2 is 1.64 bits per heavy atom. The molecule has 80 valence electrons. The van der Waals surface area contributed by atoms with Gasteiger partial charge < -0.3 is 9.52 Å². The highest BCUT2D eigenvalue weighted by atomic mass is 16.4. The Morgan fingerprint density at radius 1 is 1.14 bits per heavy atom. The SMILES string of the molecule is CC(C)c1ccc([C@H](O)C(C)(C)C)o1. The maximum atomic E-state index is 9.96. The van der Waals surface area contributed by atoms with Crippen molar-refractivity contribution in [1.82, 2.24) is 0 Å². The van der Waals surface area contributed by atoms with Crippen LogP contribution in [0, 0.1) is 5.41 Å². The summed E-state index contributed by atoms with van der Waals surface area (Å²) in [6, 6.07) is 3.81. The van der Waals surface area contributed by atoms with Crippen molar-refractivity contribution in [3.8, 4) is 0 Å². The lowest BCUT2D eigenvalue weighted by molar-refractivity contribution is 0.0422. The van der Waals surface area contributed by atoms with Crippen LogP contribution in [0.25, 0.3) is 0 Å². The molecule has 0 aliphatic carbocycles. The number of hydrogen-bond donors (Lipinski definition) is 1. The monoisotopic (exact) mass is 196 g/mol. The van der Waals surface area contributed by atoms with Gasteiger partial charge in [0.15, 0.2) is 0 Å². The average Bonchev–Trinajstić information content (AvgIpc) is 2.48. The summed E-state index contributed by atoms with van der Waals surface area (Å²) in [6.45, 7) is 10.1. The Hall–Kier alpha value is -0.760. The zero-order chi connectivity index (χ0) is 10.9. The van der Waals surface area contributed by atoms with Gasteiger partial charge in [-0.1, -0.05) is 34.6 Å². The quantitative estimate of drug-likeness (QED) is 0.785. The van der Waals surface area contributed by atoms with E-state index in [0.717, 1.165) is 5.76 Å². The van der Waals surface area contributed by atoms with E-state index in [4.69, 9.17) is 4.42 Å². The Balaban J connectivity index is 2.87. The molecule has 0 aliphatic heterocycles. The first-order valence-electron chi connectivity index (χ1n) is 5.10. The minimum absolute atomic E-state index is 0.175. The fourth-order valence-corrected chi connectivity index (χ4v) is 1.25. The van der Waals surface area contributed by atoms with Crippen molar-refractivity contribution in [3.05, 3.63) is 23.7 Å². The second-order valence-electron chi connectivity index (χ2n) is 5.16. The average molecular weight is 196 g/mol. The fraction of sp³-hybridized carbons (Fsp3) is 0.667. The van der Waals surface area contributed by atoms with Crippen LogP contribution in [-0.4, -0.2) is 5.11 Å². The molecule has 0 amide bonds. The minimum Gasteiger partial charge on any atom is -0.463 e. The molecule has 0 spiro atoms. The molecule has 0 saturated carbocycles. The molecule has 0 aliphatic rings. The number of aliphatic hydroxyl groups is 1. The van der Waals surface area contributed by atoms with Crippen molar-refractivity contribution < 1.29 is 9.52 Å². The summed E-state index contributed by atoms with van der Waals surface area (Å²) in [5, 5.41) is 9.96. The highest BCUT2D eigenvalue weighted by Crippen LogP contribution is 2.34. The van der Waals surface area contributed by atoms with Gasteiger partial charge in [-0.3, -0.25) is 0 Å². The maximum absolute atomic E-state index is 9.96. The highest BCUT2D eigenvalue weighted by molar-refractivity contribution is 5.13. The van der Waals surface area contributed by atoms with E-state index in [2.05, 4.69) is 13.8 Å². The summed E-state index contributed by atoms with van der Waals surface area (Å²) in [5.41, 5.74) is -0.175. The third kappa shape index (κ3) is 2.38. The molecule has 0 aromatic carbocycles. The zero-order valence-corrected chi connectivity index (χ0v) is 9.66. The van der Waals surface area contributed by atoms with Crippen LogP contribution in [0.2, 0.25) is 0 Å². The van der Waals surface area contributed by atoms with Crippen LogP contribution in [0.15, 0.2) is 16.5 Å². The summed E-state index contributed by atoms with van der Waals surface area (Å²) < 4.78 is 5.58. The molecule has 0 bridgehead atoms. The van der Waals surface area contributed by atoms with Crippen molar-refractivity contribution in [1.29, 1.82) is 0 Å². The fourth-order valence-electron chi connectivity index (χ4n) is 1.25. The van der Waals surface area contributed by atoms with Gasteiger partial charge in [-0.05, 0) is 17.5 Å². The molecule has 1 N–H and O–H groups in total. The first-order chi connectivity index (χ1) is 6.32. The number of rotatable bonds is 2. The van der Waals surface area contributed by atoms with Crippen molar-refractivity contribution >= 4 is 0 Å². The van der Waals surface area contributed by atoms with E-state index in [-0.39, 0.29) is 5.41 Å². The van der Waals surface area contributed by atoms with Gasteiger partial charge in [0.25, 0.3) is 0 Å². The molecule has 1 rings (SSSR count). The van der Waals surface area contributed by atoms with Crippen molar-refractivity contribution in [2.24, 2.45) is 5.41 Å². The molecule has 0 radical (unpaired) electrons. The number of furan rings is 1. The first-order valence-corrected chi connectivity index (χ1v) is 5.10. The molecule has 2 heteroatoms. The van der Waals surface area contributed by atoms with Gasteiger partial charge in [0.1, 0.15) is 17.6 Å². The molecule has 0 unspecified atom stereocenters. The Kier molecular flexibility index (Phi) is 3.05. The second-order valence-corrected chi connectivity index (χ2v) is 5.16. The van der Waals surface area contributed by atoms with Gasteiger partial charge in [-0.15, -0.1) is 0 Å². The standard InChI is InChI=1S/C12H20O2/c1-8(2)9-6-7-10(14-9)11(13)12(3,4)5/h6-8,11,13H,1-5H3/t11-/m0/s1. The lowest BCUT2D eigenvalue weighted by Crippen LogP contribution is -2.17. The molecule has 1 atom stereocenters. The van der Waals surface area contributed by atoms with Crippen molar-refractivity contribution in [3.63, 3.8) is 0 Å². The van der Waals surface area contributed by atoms with Crippen LogP contribution >= 0.6 is 0 Å². The van der Waals surface area contributed by atoms with Crippen molar-refractivity contribution in [2.45, 2.75) is 46.6 Å². The van der Waals surface area contributed by atoms with Crippen LogP contribution in [0.5, 0.6) is 0 Å².